The zero-order valence-corrected chi connectivity index (χ0v) is 14.3. The predicted molar refractivity (Wildman–Crippen MR) is 93.2 cm³/mol. The normalized spacial score (nSPS) is 12.0. The Kier molecular flexibility index (Phi) is 6.01. The summed E-state index contributed by atoms with van der Waals surface area (Å²) in [6.07, 6.45) is -0.593. The Morgan fingerprint density at radius 3 is 2.74 bits per heavy atom. The third kappa shape index (κ3) is 5.26. The quantitative estimate of drug-likeness (QED) is 0.754. The standard InChI is InChI=1S/C17H22N2O3S/c1-11(2)22-16-5-4-14(8-12(16)3)19-17(21)18-9-15(20)13-6-7-23-10-13/h4-8,10-11,15,20H,9H2,1-3H3,(H2,18,19,21). The maximum Gasteiger partial charge on any atom is 0.319 e. The van der Waals surface area contributed by atoms with E-state index in [1.54, 1.807) is 6.07 Å². The number of nitrogens with one attached hydrogen (secondary N) is 2. The monoisotopic (exact) mass is 334 g/mol. The molecule has 1 heterocycles. The summed E-state index contributed by atoms with van der Waals surface area (Å²) in [5, 5.41) is 19.1. The van der Waals surface area contributed by atoms with Gasteiger partial charge < -0.3 is 20.5 Å². The predicted octanol–water partition coefficient (Wildman–Crippen LogP) is 3.70. The lowest BCUT2D eigenvalue weighted by atomic mass is 10.2. The van der Waals surface area contributed by atoms with Crippen molar-refractivity contribution in [2.45, 2.75) is 33.0 Å². The third-order valence-corrected chi connectivity index (χ3v) is 3.88. The van der Waals surface area contributed by atoms with Crippen LogP contribution < -0.4 is 15.4 Å². The molecule has 5 nitrogen and oxygen atoms in total. The first-order valence-electron chi connectivity index (χ1n) is 7.48. The molecule has 0 aliphatic carbocycles. The van der Waals surface area contributed by atoms with E-state index < -0.39 is 6.10 Å². The number of hydrogen-bond donors (Lipinski definition) is 3. The highest BCUT2D eigenvalue weighted by atomic mass is 32.1. The summed E-state index contributed by atoms with van der Waals surface area (Å²) < 4.78 is 5.66. The zero-order valence-electron chi connectivity index (χ0n) is 13.5. The van der Waals surface area contributed by atoms with Gasteiger partial charge in [0.1, 0.15) is 5.75 Å². The van der Waals surface area contributed by atoms with Gasteiger partial charge in [-0.05, 0) is 66.9 Å². The highest BCUT2D eigenvalue weighted by Crippen LogP contribution is 2.23. The molecule has 124 valence electrons. The van der Waals surface area contributed by atoms with Crippen LogP contribution in [0.4, 0.5) is 10.5 Å². The molecule has 1 atom stereocenters. The van der Waals surface area contributed by atoms with Gasteiger partial charge in [0, 0.05) is 12.2 Å². The average molecular weight is 334 g/mol. The highest BCUT2D eigenvalue weighted by Gasteiger charge is 2.10. The molecule has 0 spiro atoms. The van der Waals surface area contributed by atoms with Gasteiger partial charge in [0.25, 0.3) is 0 Å². The van der Waals surface area contributed by atoms with Crippen LogP contribution in [0.2, 0.25) is 0 Å². The van der Waals surface area contributed by atoms with E-state index in [0.717, 1.165) is 16.9 Å². The van der Waals surface area contributed by atoms with Gasteiger partial charge in [-0.15, -0.1) is 0 Å². The highest BCUT2D eigenvalue weighted by molar-refractivity contribution is 7.07. The molecule has 0 saturated carbocycles. The Bertz CT molecular complexity index is 641. The lowest BCUT2D eigenvalue weighted by Crippen LogP contribution is -2.32. The van der Waals surface area contributed by atoms with Gasteiger partial charge in [-0.2, -0.15) is 11.3 Å². The molecule has 2 rings (SSSR count). The van der Waals surface area contributed by atoms with Crippen LogP contribution in [0.3, 0.4) is 0 Å². The summed E-state index contributed by atoms with van der Waals surface area (Å²) in [7, 11) is 0. The van der Waals surface area contributed by atoms with E-state index in [2.05, 4.69) is 10.6 Å². The number of urea groups is 1. The molecule has 0 radical (unpaired) electrons. The topological polar surface area (TPSA) is 70.6 Å². The van der Waals surface area contributed by atoms with E-state index in [4.69, 9.17) is 4.74 Å². The summed E-state index contributed by atoms with van der Waals surface area (Å²) in [4.78, 5) is 11.9. The van der Waals surface area contributed by atoms with Crippen molar-refractivity contribution < 1.29 is 14.6 Å². The van der Waals surface area contributed by atoms with Crippen molar-refractivity contribution in [3.8, 4) is 5.75 Å². The van der Waals surface area contributed by atoms with Gasteiger partial charge in [-0.25, -0.2) is 4.79 Å². The first-order valence-corrected chi connectivity index (χ1v) is 8.42. The van der Waals surface area contributed by atoms with Crippen LogP contribution in [0, 0.1) is 6.92 Å². The second-order valence-corrected chi connectivity index (χ2v) is 6.33. The van der Waals surface area contributed by atoms with Crippen molar-refractivity contribution in [3.05, 3.63) is 46.2 Å². The molecule has 0 saturated heterocycles. The number of amides is 2. The van der Waals surface area contributed by atoms with Crippen molar-refractivity contribution in [3.63, 3.8) is 0 Å². The number of thiophene rings is 1. The minimum absolute atomic E-state index is 0.106. The fraction of sp³-hybridized carbons (Fsp3) is 0.353. The molecule has 6 heteroatoms. The lowest BCUT2D eigenvalue weighted by molar-refractivity contribution is 0.175. The number of rotatable bonds is 6. The summed E-state index contributed by atoms with van der Waals surface area (Å²) in [5.74, 6) is 0.804. The van der Waals surface area contributed by atoms with Gasteiger partial charge >= 0.3 is 6.03 Å². The second kappa shape index (κ2) is 7.99. The van der Waals surface area contributed by atoms with E-state index >= 15 is 0 Å². The Morgan fingerprint density at radius 1 is 1.35 bits per heavy atom. The maximum absolute atomic E-state index is 11.9. The molecule has 1 unspecified atom stereocenters. The molecule has 0 fully saturated rings. The van der Waals surface area contributed by atoms with Crippen molar-refractivity contribution in [2.75, 3.05) is 11.9 Å². The Hall–Kier alpha value is -2.05. The Morgan fingerprint density at radius 2 is 2.13 bits per heavy atom. The van der Waals surface area contributed by atoms with Crippen LogP contribution >= 0.6 is 11.3 Å². The molecule has 2 amide bonds. The average Bonchev–Trinajstić information content (AvgIpc) is 3.01. The molecule has 0 aliphatic rings. The largest absolute Gasteiger partial charge is 0.491 e. The molecule has 0 aliphatic heterocycles. The summed E-state index contributed by atoms with van der Waals surface area (Å²) in [6, 6.07) is 6.97. The first kappa shape index (κ1) is 17.3. The van der Waals surface area contributed by atoms with Crippen LogP contribution in [-0.2, 0) is 0 Å². The van der Waals surface area contributed by atoms with Crippen LogP contribution in [0.15, 0.2) is 35.0 Å². The fourth-order valence-electron chi connectivity index (χ4n) is 2.06. The van der Waals surface area contributed by atoms with Crippen molar-refractivity contribution >= 4 is 23.1 Å². The summed E-state index contributed by atoms with van der Waals surface area (Å²) >= 11 is 1.51. The molecular weight excluding hydrogens is 312 g/mol. The van der Waals surface area contributed by atoms with Crippen LogP contribution in [0.25, 0.3) is 0 Å². The molecule has 1 aromatic carbocycles. The van der Waals surface area contributed by atoms with E-state index in [9.17, 15) is 9.90 Å². The number of hydrogen-bond acceptors (Lipinski definition) is 4. The number of aliphatic hydroxyl groups excluding tert-OH is 1. The number of anilines is 1. The summed E-state index contributed by atoms with van der Waals surface area (Å²) in [5.41, 5.74) is 2.44. The second-order valence-electron chi connectivity index (χ2n) is 5.55. The van der Waals surface area contributed by atoms with Crippen molar-refractivity contribution in [2.24, 2.45) is 0 Å². The number of benzene rings is 1. The number of ether oxygens (including phenoxy) is 1. The van der Waals surface area contributed by atoms with Gasteiger partial charge in [0.2, 0.25) is 0 Å². The number of carbonyl (C=O) groups is 1. The van der Waals surface area contributed by atoms with Gasteiger partial charge in [0.15, 0.2) is 0 Å². The smallest absolute Gasteiger partial charge is 0.319 e. The van der Waals surface area contributed by atoms with E-state index in [1.807, 2.05) is 49.7 Å². The van der Waals surface area contributed by atoms with Crippen LogP contribution in [-0.4, -0.2) is 23.8 Å². The molecule has 23 heavy (non-hydrogen) atoms. The van der Waals surface area contributed by atoms with E-state index in [0.29, 0.717) is 5.69 Å². The zero-order chi connectivity index (χ0) is 16.8. The lowest BCUT2D eigenvalue weighted by Gasteiger charge is -2.14. The first-order chi connectivity index (χ1) is 11.0. The molecule has 3 N–H and O–H groups in total. The maximum atomic E-state index is 11.9. The number of aryl methyl sites for hydroxylation is 1. The van der Waals surface area contributed by atoms with Crippen molar-refractivity contribution in [1.29, 1.82) is 0 Å². The Balaban J connectivity index is 1.86. The van der Waals surface area contributed by atoms with E-state index in [-0.39, 0.29) is 18.7 Å². The molecule has 2 aromatic rings. The molecular formula is C17H22N2O3S. The van der Waals surface area contributed by atoms with Gasteiger partial charge in [0.05, 0.1) is 12.2 Å². The van der Waals surface area contributed by atoms with Crippen LogP contribution in [0.5, 0.6) is 5.75 Å². The van der Waals surface area contributed by atoms with Gasteiger partial charge in [-0.3, -0.25) is 0 Å². The number of aliphatic hydroxyl groups is 1. The van der Waals surface area contributed by atoms with Crippen molar-refractivity contribution in [1.82, 2.24) is 5.32 Å². The fourth-order valence-corrected chi connectivity index (χ4v) is 2.77. The molecule has 1 aromatic heterocycles. The van der Waals surface area contributed by atoms with Gasteiger partial charge in [-0.1, -0.05) is 0 Å². The van der Waals surface area contributed by atoms with Crippen LogP contribution in [0.1, 0.15) is 31.1 Å². The minimum Gasteiger partial charge on any atom is -0.491 e. The number of carbonyl (C=O) groups excluding carboxylic acids is 1. The molecule has 0 bridgehead atoms. The summed E-state index contributed by atoms with van der Waals surface area (Å²) in [6.45, 7) is 6.03. The Labute approximate surface area is 140 Å². The van der Waals surface area contributed by atoms with E-state index in [1.165, 1.54) is 11.3 Å². The third-order valence-electron chi connectivity index (χ3n) is 3.18. The SMILES string of the molecule is Cc1cc(NC(=O)NCC(O)c2ccsc2)ccc1OC(C)C. The minimum atomic E-state index is -0.699.